The Balaban J connectivity index is 1.83. The summed E-state index contributed by atoms with van der Waals surface area (Å²) in [7, 11) is 1.59. The zero-order chi connectivity index (χ0) is 20.0. The summed E-state index contributed by atoms with van der Waals surface area (Å²) in [4.78, 5) is 12.6. The molecule has 4 aromatic rings. The molecular formula is C19H14ClN7O2. The van der Waals surface area contributed by atoms with Crippen LogP contribution in [-0.4, -0.2) is 37.5 Å². The maximum atomic E-state index is 12.6. The Bertz CT molecular complexity index is 1280. The van der Waals surface area contributed by atoms with Gasteiger partial charge in [0.05, 0.1) is 12.8 Å². The van der Waals surface area contributed by atoms with Crippen molar-refractivity contribution in [3.05, 3.63) is 75.0 Å². The van der Waals surface area contributed by atoms with Crippen LogP contribution >= 0.6 is 11.6 Å². The molecule has 0 amide bonds. The quantitative estimate of drug-likeness (QED) is 0.473. The lowest BCUT2D eigenvalue weighted by Gasteiger charge is -2.28. The lowest BCUT2D eigenvalue weighted by Crippen LogP contribution is -2.29. The molecule has 0 fully saturated rings. The molecule has 9 nitrogen and oxygen atoms in total. The number of tetrazole rings is 1. The fourth-order valence-electron chi connectivity index (χ4n) is 3.51. The number of benzene rings is 2. The van der Waals surface area contributed by atoms with Crippen molar-refractivity contribution < 1.29 is 4.74 Å². The molecule has 0 bridgehead atoms. The monoisotopic (exact) mass is 407 g/mol. The average Bonchev–Trinajstić information content (AvgIpc) is 3.22. The molecule has 1 atom stereocenters. The Hall–Kier alpha value is -3.72. The van der Waals surface area contributed by atoms with Crippen LogP contribution < -0.4 is 15.6 Å². The van der Waals surface area contributed by atoms with Gasteiger partial charge in [0.1, 0.15) is 17.5 Å². The van der Waals surface area contributed by atoms with Gasteiger partial charge in [-0.2, -0.15) is 9.78 Å². The molecule has 2 aromatic carbocycles. The minimum absolute atomic E-state index is 0.324. The molecule has 0 aliphatic carbocycles. The number of fused-ring (bicyclic) bond motifs is 2. The maximum absolute atomic E-state index is 12.6. The van der Waals surface area contributed by atoms with E-state index in [0.29, 0.717) is 33.7 Å². The van der Waals surface area contributed by atoms with Gasteiger partial charge in [0.2, 0.25) is 5.95 Å². The zero-order valence-electron chi connectivity index (χ0n) is 15.1. The first kappa shape index (κ1) is 17.4. The second kappa shape index (κ2) is 6.71. The van der Waals surface area contributed by atoms with Gasteiger partial charge in [0, 0.05) is 21.7 Å². The van der Waals surface area contributed by atoms with E-state index >= 15 is 0 Å². The van der Waals surface area contributed by atoms with Gasteiger partial charge in [-0.15, -0.1) is 0 Å². The summed E-state index contributed by atoms with van der Waals surface area (Å²) in [5, 5.41) is 22.3. The number of ether oxygens (including phenoxy) is 1. The number of hydrogen-bond acceptors (Lipinski definition) is 7. The van der Waals surface area contributed by atoms with E-state index in [9.17, 15) is 4.79 Å². The van der Waals surface area contributed by atoms with Gasteiger partial charge < -0.3 is 10.1 Å². The minimum atomic E-state index is -0.541. The summed E-state index contributed by atoms with van der Waals surface area (Å²) < 4.78 is 6.94. The first-order valence-corrected chi connectivity index (χ1v) is 9.11. The molecule has 1 aliphatic heterocycles. The number of hydrogen-bond donors (Lipinski definition) is 2. The van der Waals surface area contributed by atoms with Crippen molar-refractivity contribution in [1.29, 1.82) is 0 Å². The molecular weight excluding hydrogens is 394 g/mol. The van der Waals surface area contributed by atoms with Crippen molar-refractivity contribution in [3.63, 3.8) is 0 Å². The second-order valence-electron chi connectivity index (χ2n) is 6.42. The highest BCUT2D eigenvalue weighted by Gasteiger charge is 2.35. The number of aromatic amines is 1. The van der Waals surface area contributed by atoms with E-state index < -0.39 is 6.04 Å². The predicted molar refractivity (Wildman–Crippen MR) is 107 cm³/mol. The number of H-pyrrole nitrogens is 1. The van der Waals surface area contributed by atoms with Crippen molar-refractivity contribution in [3.8, 4) is 17.0 Å². The summed E-state index contributed by atoms with van der Waals surface area (Å²) in [5.41, 5.74) is 2.66. The summed E-state index contributed by atoms with van der Waals surface area (Å²) >= 11 is 6.51. The highest BCUT2D eigenvalue weighted by atomic mass is 35.5. The third kappa shape index (κ3) is 2.74. The van der Waals surface area contributed by atoms with Crippen molar-refractivity contribution in [2.75, 3.05) is 12.4 Å². The highest BCUT2D eigenvalue weighted by molar-refractivity contribution is 6.31. The van der Waals surface area contributed by atoms with Crippen LogP contribution in [0.4, 0.5) is 11.6 Å². The summed E-state index contributed by atoms with van der Waals surface area (Å²) in [6.45, 7) is 0. The summed E-state index contributed by atoms with van der Waals surface area (Å²) in [6.07, 6.45) is 0. The van der Waals surface area contributed by atoms with E-state index in [1.807, 2.05) is 42.5 Å². The van der Waals surface area contributed by atoms with E-state index in [1.165, 1.54) is 0 Å². The van der Waals surface area contributed by atoms with Crippen molar-refractivity contribution in [2.24, 2.45) is 0 Å². The highest BCUT2D eigenvalue weighted by Crippen LogP contribution is 2.43. The van der Waals surface area contributed by atoms with Crippen LogP contribution in [0, 0.1) is 0 Å². The molecule has 29 heavy (non-hydrogen) atoms. The number of halogens is 1. The van der Waals surface area contributed by atoms with Gasteiger partial charge >= 0.3 is 0 Å². The molecule has 0 spiro atoms. The van der Waals surface area contributed by atoms with Gasteiger partial charge in [0.25, 0.3) is 5.56 Å². The Morgan fingerprint density at radius 2 is 2.03 bits per heavy atom. The Labute approximate surface area is 169 Å². The van der Waals surface area contributed by atoms with Gasteiger partial charge in [-0.05, 0) is 28.6 Å². The van der Waals surface area contributed by atoms with Crippen LogP contribution in [0.2, 0.25) is 5.02 Å². The number of methoxy groups -OCH3 is 1. The van der Waals surface area contributed by atoms with E-state index in [-0.39, 0.29) is 5.56 Å². The SMILES string of the molecule is COc1cccc(-c2n[nH]c(=O)c3c2C(c2ccccc2Cl)n2nnnc2N3)c1. The van der Waals surface area contributed by atoms with E-state index in [2.05, 4.69) is 31.0 Å². The number of rotatable bonds is 3. The van der Waals surface area contributed by atoms with E-state index in [1.54, 1.807) is 17.9 Å². The third-order valence-electron chi connectivity index (χ3n) is 4.81. The van der Waals surface area contributed by atoms with Crippen LogP contribution in [0.5, 0.6) is 5.75 Å². The molecule has 1 aliphatic rings. The van der Waals surface area contributed by atoms with Crippen molar-refractivity contribution in [2.45, 2.75) is 6.04 Å². The fourth-order valence-corrected chi connectivity index (χ4v) is 3.75. The molecule has 10 heteroatoms. The number of nitrogens with one attached hydrogen (secondary N) is 2. The second-order valence-corrected chi connectivity index (χ2v) is 6.83. The van der Waals surface area contributed by atoms with E-state index in [4.69, 9.17) is 16.3 Å². The lowest BCUT2D eigenvalue weighted by molar-refractivity contribution is 0.415. The molecule has 2 aromatic heterocycles. The van der Waals surface area contributed by atoms with Crippen LogP contribution in [0.25, 0.3) is 11.3 Å². The molecule has 1 unspecified atom stereocenters. The topological polar surface area (TPSA) is 111 Å². The standard InChI is InChI=1S/C19H14ClN7O2/c1-29-11-6-4-5-10(9-11)15-14-16(18(28)23-22-15)21-19-24-25-26-27(19)17(14)12-7-2-3-8-13(12)20/h2-9,17H,1H3,(H,23,28)(H,21,24,26). The molecule has 3 heterocycles. The van der Waals surface area contributed by atoms with E-state index in [0.717, 1.165) is 11.1 Å². The number of nitrogens with zero attached hydrogens (tertiary/aromatic N) is 5. The lowest BCUT2D eigenvalue weighted by atomic mass is 9.92. The Morgan fingerprint density at radius 1 is 1.17 bits per heavy atom. The van der Waals surface area contributed by atoms with Crippen LogP contribution in [-0.2, 0) is 0 Å². The third-order valence-corrected chi connectivity index (χ3v) is 5.16. The average molecular weight is 408 g/mol. The first-order chi connectivity index (χ1) is 14.2. The van der Waals surface area contributed by atoms with Crippen LogP contribution in [0.1, 0.15) is 17.2 Å². The molecule has 0 radical (unpaired) electrons. The largest absolute Gasteiger partial charge is 0.497 e. The first-order valence-electron chi connectivity index (χ1n) is 8.73. The van der Waals surface area contributed by atoms with Crippen molar-refractivity contribution >= 4 is 23.2 Å². The molecule has 0 saturated heterocycles. The van der Waals surface area contributed by atoms with Crippen molar-refractivity contribution in [1.82, 2.24) is 30.4 Å². The molecule has 5 rings (SSSR count). The smallest absolute Gasteiger partial charge is 0.288 e. The summed E-state index contributed by atoms with van der Waals surface area (Å²) in [5.74, 6) is 1.01. The van der Waals surface area contributed by atoms with Gasteiger partial charge in [-0.1, -0.05) is 47.0 Å². The number of anilines is 2. The zero-order valence-corrected chi connectivity index (χ0v) is 15.9. The normalized spacial score (nSPS) is 14.6. The maximum Gasteiger partial charge on any atom is 0.288 e. The minimum Gasteiger partial charge on any atom is -0.497 e. The van der Waals surface area contributed by atoms with Gasteiger partial charge in [0.15, 0.2) is 0 Å². The fraction of sp³-hybridized carbons (Fsp3) is 0.105. The van der Waals surface area contributed by atoms with Gasteiger partial charge in [-0.25, -0.2) is 5.10 Å². The molecule has 0 saturated carbocycles. The molecule has 144 valence electrons. The predicted octanol–water partition coefficient (Wildman–Crippen LogP) is 2.78. The van der Waals surface area contributed by atoms with Crippen LogP contribution in [0.15, 0.2) is 53.3 Å². The number of aromatic nitrogens is 6. The van der Waals surface area contributed by atoms with Crippen LogP contribution in [0.3, 0.4) is 0 Å². The molecule has 2 N–H and O–H groups in total. The van der Waals surface area contributed by atoms with Gasteiger partial charge in [-0.3, -0.25) is 4.79 Å². The Morgan fingerprint density at radius 3 is 2.86 bits per heavy atom. The Kier molecular flexibility index (Phi) is 4.02. The summed E-state index contributed by atoms with van der Waals surface area (Å²) in [6, 6.07) is 14.3.